The fourth-order valence-corrected chi connectivity index (χ4v) is 10.9. The van der Waals surface area contributed by atoms with Crippen molar-refractivity contribution in [2.24, 2.45) is 11.3 Å². The van der Waals surface area contributed by atoms with E-state index < -0.39 is 0 Å². The van der Waals surface area contributed by atoms with Gasteiger partial charge in [0.05, 0.1) is 0 Å². The van der Waals surface area contributed by atoms with E-state index in [2.05, 4.69) is 70.1 Å². The van der Waals surface area contributed by atoms with Crippen LogP contribution < -0.4 is 0 Å². The molecule has 0 radical (unpaired) electrons. The Balaban J connectivity index is 6.56. The van der Waals surface area contributed by atoms with Crippen LogP contribution in [-0.2, 0) is 0 Å². The zero-order valence-corrected chi connectivity index (χ0v) is 39.6. The Morgan fingerprint density at radius 1 is 0.314 bits per heavy atom. The third kappa shape index (κ3) is 28.2. The largest absolute Gasteiger partial charge is 0.179 e. The van der Waals surface area contributed by atoms with Crippen LogP contribution in [0.3, 0.4) is 0 Å². The quantitative estimate of drug-likeness (QED) is 0.0256. The molecule has 0 bridgehead atoms. The molecule has 0 aliphatic heterocycles. The second-order valence-corrected chi connectivity index (χ2v) is 19.4. The summed E-state index contributed by atoms with van der Waals surface area (Å²) in [6, 6.07) is 0. The van der Waals surface area contributed by atoms with Crippen LogP contribution in [0.4, 0.5) is 0 Å². The Kier molecular flexibility index (Phi) is 42.0. The van der Waals surface area contributed by atoms with Crippen LogP contribution >= 0.6 is 75.8 Å². The van der Waals surface area contributed by atoms with Crippen LogP contribution in [0, 0.1) is 11.3 Å². The van der Waals surface area contributed by atoms with Crippen LogP contribution in [0.2, 0.25) is 0 Å². The summed E-state index contributed by atoms with van der Waals surface area (Å²) in [6.07, 6.45) is 49.1. The molecule has 51 heavy (non-hydrogen) atoms. The first-order valence-corrected chi connectivity index (χ1v) is 26.4. The summed E-state index contributed by atoms with van der Waals surface area (Å²) in [7, 11) is 0. The van der Waals surface area contributed by atoms with E-state index in [9.17, 15) is 0 Å². The lowest BCUT2D eigenvalue weighted by Gasteiger charge is -2.55. The molecule has 0 saturated carbocycles. The summed E-state index contributed by atoms with van der Waals surface area (Å²) in [5.41, 5.74) is 0.338. The Hall–Kier alpha value is 2.10. The van der Waals surface area contributed by atoms with Crippen LogP contribution in [0.25, 0.3) is 0 Å². The number of hydrogen-bond donors (Lipinski definition) is 6. The van der Waals surface area contributed by atoms with E-state index in [1.165, 1.54) is 231 Å². The summed E-state index contributed by atoms with van der Waals surface area (Å²) in [4.78, 5) is 0. The van der Waals surface area contributed by atoms with Gasteiger partial charge in [-0.3, -0.25) is 0 Å². The molecule has 3 unspecified atom stereocenters. The van der Waals surface area contributed by atoms with Gasteiger partial charge in [0.15, 0.2) is 0 Å². The summed E-state index contributed by atoms with van der Waals surface area (Å²) in [5, 5.41) is 0. The molecule has 0 heterocycles. The molecule has 0 spiro atoms. The maximum atomic E-state index is 6.16. The molecule has 3 atom stereocenters. The second kappa shape index (κ2) is 40.3. The first kappa shape index (κ1) is 53.1. The summed E-state index contributed by atoms with van der Waals surface area (Å²) in [6.45, 7) is 2.36. The van der Waals surface area contributed by atoms with Crippen LogP contribution in [0.15, 0.2) is 0 Å². The normalized spacial score (nSPS) is 14.9. The van der Waals surface area contributed by atoms with Gasteiger partial charge in [0.2, 0.25) is 0 Å². The molecule has 0 aliphatic rings. The average Bonchev–Trinajstić information content (AvgIpc) is 3.13. The highest BCUT2D eigenvalue weighted by atomic mass is 32.1. The lowest BCUT2D eigenvalue weighted by Crippen LogP contribution is -2.49. The monoisotopic (exact) mass is 825 g/mol. The molecule has 0 N–H and O–H groups in total. The summed E-state index contributed by atoms with van der Waals surface area (Å²) >= 11 is 28.8. The van der Waals surface area contributed by atoms with Gasteiger partial charge in [-0.1, -0.05) is 167 Å². The molecule has 0 rings (SSSR count). The summed E-state index contributed by atoms with van der Waals surface area (Å²) in [5.74, 6) is 5.97. The number of thiol groups is 6. The van der Waals surface area contributed by atoms with Crippen molar-refractivity contribution in [3.8, 4) is 0 Å². The van der Waals surface area contributed by atoms with Gasteiger partial charge >= 0.3 is 0 Å². The van der Waals surface area contributed by atoms with E-state index >= 15 is 0 Å². The van der Waals surface area contributed by atoms with Crippen molar-refractivity contribution in [1.82, 2.24) is 0 Å². The molecule has 308 valence electrons. The zero-order valence-electron chi connectivity index (χ0n) is 34.3. The standard InChI is InChI=1S/C45H92S6/c1-2-3-4-11-21-32-43(33-22-20-31-42-50)44(35-24-15-19-30-41-49,34-23-12-10-18-29-40-48)45(51,37-26-14-7-9-17-28-39-47)36-25-13-6-5-8-16-27-38-46/h43,46-51H,2-42H2,1H3. The third-order valence-electron chi connectivity index (χ3n) is 12.1. The van der Waals surface area contributed by atoms with Crippen molar-refractivity contribution in [3.63, 3.8) is 0 Å². The predicted molar refractivity (Wildman–Crippen MR) is 259 cm³/mol. The van der Waals surface area contributed by atoms with Crippen LogP contribution in [0.1, 0.15) is 238 Å². The van der Waals surface area contributed by atoms with Crippen molar-refractivity contribution in [1.29, 1.82) is 0 Å². The molecular formula is C45H92S6. The molecule has 0 nitrogen and oxygen atoms in total. The van der Waals surface area contributed by atoms with E-state index in [0.29, 0.717) is 5.41 Å². The maximum Gasteiger partial charge on any atom is 0.0188 e. The Morgan fingerprint density at radius 2 is 0.569 bits per heavy atom. The zero-order chi connectivity index (χ0) is 37.6. The van der Waals surface area contributed by atoms with Crippen molar-refractivity contribution < 1.29 is 0 Å². The van der Waals surface area contributed by atoms with Gasteiger partial charge in [-0.15, -0.1) is 0 Å². The van der Waals surface area contributed by atoms with Crippen molar-refractivity contribution in [2.45, 2.75) is 243 Å². The van der Waals surface area contributed by atoms with Gasteiger partial charge in [-0.05, 0) is 111 Å². The summed E-state index contributed by atoms with van der Waals surface area (Å²) < 4.78 is 0.135. The molecule has 0 saturated heterocycles. The first-order chi connectivity index (χ1) is 25.0. The molecule has 0 aromatic rings. The maximum absolute atomic E-state index is 6.16. The number of hydrogen-bond acceptors (Lipinski definition) is 6. The second-order valence-electron chi connectivity index (χ2n) is 16.3. The SMILES string of the molecule is CCCCCCCC(CCCCCS)C(CCCCCCS)(CCCCCCCS)C(S)(CCCCCCCCS)CCCCCCCCCS. The molecule has 0 aliphatic carbocycles. The lowest BCUT2D eigenvalue weighted by molar-refractivity contribution is 0.0368. The minimum Gasteiger partial charge on any atom is -0.179 e. The van der Waals surface area contributed by atoms with Gasteiger partial charge in [-0.2, -0.15) is 75.8 Å². The van der Waals surface area contributed by atoms with E-state index in [1.807, 2.05) is 0 Å². The van der Waals surface area contributed by atoms with Crippen molar-refractivity contribution >= 4 is 75.8 Å². The van der Waals surface area contributed by atoms with Crippen LogP contribution in [0.5, 0.6) is 0 Å². The minimum atomic E-state index is 0.135. The topological polar surface area (TPSA) is 0 Å². The number of unbranched alkanes of at least 4 members (excludes halogenated alkanes) is 24. The smallest absolute Gasteiger partial charge is 0.0188 e. The van der Waals surface area contributed by atoms with Gasteiger partial charge in [0.1, 0.15) is 0 Å². The van der Waals surface area contributed by atoms with Crippen molar-refractivity contribution in [3.05, 3.63) is 0 Å². The van der Waals surface area contributed by atoms with Gasteiger partial charge in [0, 0.05) is 4.75 Å². The number of rotatable bonds is 43. The predicted octanol–water partition coefficient (Wildman–Crippen LogP) is 17.0. The first-order valence-electron chi connectivity index (χ1n) is 22.8. The third-order valence-corrected chi connectivity index (χ3v) is 14.6. The van der Waals surface area contributed by atoms with E-state index in [1.54, 1.807) is 0 Å². The molecular weight excluding hydrogens is 733 g/mol. The highest BCUT2D eigenvalue weighted by molar-refractivity contribution is 7.82. The van der Waals surface area contributed by atoms with Crippen LogP contribution in [-0.4, -0.2) is 33.5 Å². The lowest BCUT2D eigenvalue weighted by atomic mass is 9.56. The fourth-order valence-electron chi connectivity index (χ4n) is 9.01. The van der Waals surface area contributed by atoms with E-state index in [0.717, 1.165) is 34.7 Å². The van der Waals surface area contributed by atoms with E-state index in [-0.39, 0.29) is 4.75 Å². The molecule has 0 amide bonds. The fraction of sp³-hybridized carbons (Fsp3) is 1.00. The minimum absolute atomic E-state index is 0.135. The molecule has 6 heteroatoms. The highest BCUT2D eigenvalue weighted by Gasteiger charge is 2.51. The molecule has 0 aromatic heterocycles. The van der Waals surface area contributed by atoms with E-state index in [4.69, 9.17) is 12.6 Å². The Bertz CT molecular complexity index is 677. The highest BCUT2D eigenvalue weighted by Crippen LogP contribution is 2.58. The van der Waals surface area contributed by atoms with Gasteiger partial charge < -0.3 is 0 Å². The average molecular weight is 826 g/mol. The van der Waals surface area contributed by atoms with Crippen molar-refractivity contribution in [2.75, 3.05) is 28.8 Å². The molecule has 0 fully saturated rings. The molecule has 0 aromatic carbocycles. The Morgan fingerprint density at radius 3 is 0.902 bits per heavy atom. The van der Waals surface area contributed by atoms with Gasteiger partial charge in [0.25, 0.3) is 0 Å². The van der Waals surface area contributed by atoms with Gasteiger partial charge in [-0.25, -0.2) is 0 Å². The Labute approximate surface area is 356 Å².